The Morgan fingerprint density at radius 1 is 1.17 bits per heavy atom. The van der Waals surface area contributed by atoms with Gasteiger partial charge in [0.25, 0.3) is 0 Å². The van der Waals surface area contributed by atoms with Gasteiger partial charge >= 0.3 is 12.1 Å². The van der Waals surface area contributed by atoms with Crippen molar-refractivity contribution in [2.45, 2.75) is 33.1 Å². The summed E-state index contributed by atoms with van der Waals surface area (Å²) in [5, 5.41) is -1.37. The molecule has 0 aromatic heterocycles. The molecule has 0 spiro atoms. The highest BCUT2D eigenvalue weighted by Gasteiger charge is 2.62. The molecular formula is C20H19ClF6O3. The Labute approximate surface area is 174 Å². The Morgan fingerprint density at radius 3 is 2.23 bits per heavy atom. The quantitative estimate of drug-likeness (QED) is 0.224. The summed E-state index contributed by atoms with van der Waals surface area (Å²) in [6, 6.07) is 0. The number of alkyl halides is 3. The largest absolute Gasteiger partial charge is 0.493 e. The van der Waals surface area contributed by atoms with E-state index in [1.54, 1.807) is 0 Å². The van der Waals surface area contributed by atoms with Crippen LogP contribution in [-0.2, 0) is 22.6 Å². The zero-order chi connectivity index (χ0) is 23.0. The number of halogens is 7. The summed E-state index contributed by atoms with van der Waals surface area (Å²) in [6.07, 6.45) is -3.16. The predicted molar refractivity (Wildman–Crippen MR) is 97.3 cm³/mol. The second-order valence-electron chi connectivity index (χ2n) is 7.37. The number of hydrogen-bond acceptors (Lipinski definition) is 3. The molecule has 0 N–H and O–H groups in total. The maximum absolute atomic E-state index is 14.4. The van der Waals surface area contributed by atoms with Gasteiger partial charge in [-0.05, 0) is 17.8 Å². The number of benzene rings is 1. The first-order valence-corrected chi connectivity index (χ1v) is 9.11. The zero-order valence-electron chi connectivity index (χ0n) is 16.3. The fourth-order valence-electron chi connectivity index (χ4n) is 3.32. The van der Waals surface area contributed by atoms with Gasteiger partial charge in [-0.1, -0.05) is 37.6 Å². The molecule has 0 amide bonds. The summed E-state index contributed by atoms with van der Waals surface area (Å²) in [5.41, 5.74) is -2.15. The number of allylic oxidation sites excluding steroid dienone is 3. The molecule has 2 atom stereocenters. The van der Waals surface area contributed by atoms with Gasteiger partial charge in [-0.15, -0.1) is 6.58 Å². The summed E-state index contributed by atoms with van der Waals surface area (Å²) < 4.78 is 90.7. The molecule has 30 heavy (non-hydrogen) atoms. The molecule has 1 aromatic carbocycles. The number of methoxy groups -OCH3 is 1. The summed E-state index contributed by atoms with van der Waals surface area (Å²) in [5.74, 6) is -7.53. The topological polar surface area (TPSA) is 35.5 Å². The van der Waals surface area contributed by atoms with Crippen molar-refractivity contribution in [3.8, 4) is 5.75 Å². The normalized spacial score (nSPS) is 20.7. The lowest BCUT2D eigenvalue weighted by molar-refractivity contribution is -0.147. The molecule has 1 aliphatic carbocycles. The molecule has 0 saturated heterocycles. The van der Waals surface area contributed by atoms with E-state index in [2.05, 4.69) is 6.58 Å². The molecule has 0 bridgehead atoms. The molecule has 0 aliphatic heterocycles. The van der Waals surface area contributed by atoms with E-state index in [0.717, 1.165) is 13.2 Å². The lowest BCUT2D eigenvalue weighted by atomic mass is 10.0. The molecule has 10 heteroatoms. The summed E-state index contributed by atoms with van der Waals surface area (Å²) >= 11 is 5.23. The van der Waals surface area contributed by atoms with E-state index >= 15 is 0 Å². The molecule has 3 nitrogen and oxygen atoms in total. The molecular weight excluding hydrogens is 438 g/mol. The van der Waals surface area contributed by atoms with Gasteiger partial charge in [0.1, 0.15) is 11.6 Å². The van der Waals surface area contributed by atoms with Crippen LogP contribution in [0.5, 0.6) is 5.75 Å². The maximum Gasteiger partial charge on any atom is 0.426 e. The number of ether oxygens (including phenoxy) is 2. The first kappa shape index (κ1) is 24.1. The minimum atomic E-state index is -4.76. The first-order valence-electron chi connectivity index (χ1n) is 8.73. The molecule has 0 unspecified atom stereocenters. The average molecular weight is 457 g/mol. The van der Waals surface area contributed by atoms with Gasteiger partial charge in [-0.3, -0.25) is 4.79 Å². The van der Waals surface area contributed by atoms with Crippen LogP contribution in [0.4, 0.5) is 26.3 Å². The second kappa shape index (κ2) is 8.53. The van der Waals surface area contributed by atoms with E-state index in [1.165, 1.54) is 19.9 Å². The van der Waals surface area contributed by atoms with Crippen LogP contribution in [0.25, 0.3) is 0 Å². The van der Waals surface area contributed by atoms with Gasteiger partial charge in [0, 0.05) is 5.56 Å². The number of esters is 1. The van der Waals surface area contributed by atoms with Gasteiger partial charge in [0.15, 0.2) is 23.2 Å². The van der Waals surface area contributed by atoms with Gasteiger partial charge in [-0.2, -0.15) is 13.2 Å². The van der Waals surface area contributed by atoms with E-state index in [0.29, 0.717) is 0 Å². The smallest absolute Gasteiger partial charge is 0.426 e. The van der Waals surface area contributed by atoms with Crippen LogP contribution in [0.15, 0.2) is 23.8 Å². The van der Waals surface area contributed by atoms with Crippen LogP contribution in [-0.4, -0.2) is 19.3 Å². The molecule has 166 valence electrons. The van der Waals surface area contributed by atoms with E-state index in [9.17, 15) is 31.1 Å². The highest BCUT2D eigenvalue weighted by molar-refractivity contribution is 6.30. The lowest BCUT2D eigenvalue weighted by Gasteiger charge is -2.15. The van der Waals surface area contributed by atoms with Crippen molar-refractivity contribution in [1.82, 2.24) is 0 Å². The molecule has 1 fully saturated rings. The number of rotatable bonds is 7. The average Bonchev–Trinajstić information content (AvgIpc) is 3.19. The van der Waals surface area contributed by atoms with Crippen molar-refractivity contribution in [2.75, 3.05) is 7.11 Å². The predicted octanol–water partition coefficient (Wildman–Crippen LogP) is 5.84. The maximum atomic E-state index is 14.4. The third-order valence-electron chi connectivity index (χ3n) is 5.13. The van der Waals surface area contributed by atoms with E-state index in [1.807, 2.05) is 0 Å². The Morgan fingerprint density at radius 2 is 1.73 bits per heavy atom. The minimum Gasteiger partial charge on any atom is -0.493 e. The Hall–Kier alpha value is -2.16. The van der Waals surface area contributed by atoms with Gasteiger partial charge in [0.05, 0.1) is 18.6 Å². The fraction of sp³-hybridized carbons (Fsp3) is 0.450. The van der Waals surface area contributed by atoms with Crippen LogP contribution < -0.4 is 4.74 Å². The summed E-state index contributed by atoms with van der Waals surface area (Å²) in [4.78, 5) is 12.3. The molecule has 0 heterocycles. The Bertz CT molecular complexity index is 892. The third-order valence-corrected chi connectivity index (χ3v) is 5.47. The molecule has 0 radical (unpaired) electrons. The SMILES string of the molecule is C=CCc1c(F)c(F)c(COC(=O)[C@H]2[C@@H](/C=C(\Cl)C(F)(F)F)C2(C)C)c(OC)c1F. The standard InChI is InChI=1S/C20H19ClF6O3/c1-5-6-9-14(22)15(23)10(17(29-4)16(9)24)8-30-18(28)13-11(19(13,2)3)7-12(21)20(25,26)27/h5,7,11,13H,1,6,8H2,2-4H3/b12-7-/t11-,13-/m1/s1. The van der Waals surface area contributed by atoms with Gasteiger partial charge in [-0.25, -0.2) is 13.2 Å². The fourth-order valence-corrected chi connectivity index (χ4v) is 3.46. The van der Waals surface area contributed by atoms with Gasteiger partial charge < -0.3 is 9.47 Å². The number of carbonyl (C=O) groups excluding carboxylic acids is 1. The van der Waals surface area contributed by atoms with Crippen molar-refractivity contribution in [3.63, 3.8) is 0 Å². The number of hydrogen-bond donors (Lipinski definition) is 0. The summed E-state index contributed by atoms with van der Waals surface area (Å²) in [6.45, 7) is 5.53. The molecule has 1 aromatic rings. The van der Waals surface area contributed by atoms with E-state index < -0.39 is 75.4 Å². The second-order valence-corrected chi connectivity index (χ2v) is 7.78. The van der Waals surface area contributed by atoms with Crippen LogP contribution >= 0.6 is 11.6 Å². The van der Waals surface area contributed by atoms with Crippen LogP contribution in [0, 0.1) is 34.7 Å². The molecule has 1 aliphatic rings. The monoisotopic (exact) mass is 456 g/mol. The Kier molecular flexibility index (Phi) is 6.85. The van der Waals surface area contributed by atoms with Crippen molar-refractivity contribution in [1.29, 1.82) is 0 Å². The highest BCUT2D eigenvalue weighted by Crippen LogP contribution is 2.60. The Balaban J connectivity index is 2.24. The molecule has 2 rings (SSSR count). The van der Waals surface area contributed by atoms with Crippen LogP contribution in [0.2, 0.25) is 0 Å². The summed E-state index contributed by atoms with van der Waals surface area (Å²) in [7, 11) is 1.03. The number of carbonyl (C=O) groups is 1. The lowest BCUT2D eigenvalue weighted by Crippen LogP contribution is -2.14. The van der Waals surface area contributed by atoms with Crippen LogP contribution in [0.1, 0.15) is 25.0 Å². The van der Waals surface area contributed by atoms with E-state index in [-0.39, 0.29) is 6.42 Å². The molecule has 1 saturated carbocycles. The van der Waals surface area contributed by atoms with Crippen molar-refractivity contribution in [3.05, 3.63) is 52.3 Å². The zero-order valence-corrected chi connectivity index (χ0v) is 17.1. The highest BCUT2D eigenvalue weighted by atomic mass is 35.5. The minimum absolute atomic E-state index is 0.296. The van der Waals surface area contributed by atoms with Gasteiger partial charge in [0.2, 0.25) is 0 Å². The van der Waals surface area contributed by atoms with Crippen molar-refractivity contribution < 1.29 is 40.6 Å². The first-order chi connectivity index (χ1) is 13.8. The third kappa shape index (κ3) is 4.45. The van der Waals surface area contributed by atoms with Crippen molar-refractivity contribution >= 4 is 17.6 Å². The van der Waals surface area contributed by atoms with E-state index in [4.69, 9.17) is 21.1 Å². The van der Waals surface area contributed by atoms with Crippen molar-refractivity contribution in [2.24, 2.45) is 17.3 Å². The van der Waals surface area contributed by atoms with Crippen LogP contribution in [0.3, 0.4) is 0 Å².